The summed E-state index contributed by atoms with van der Waals surface area (Å²) in [6.07, 6.45) is 9.42. The fourth-order valence-electron chi connectivity index (χ4n) is 2.03. The number of unbranched alkanes of at least 4 members (excludes halogenated alkanes) is 1. The fraction of sp³-hybridized carbons (Fsp3) is 0.467. The molecule has 1 atom stereocenters. The molecule has 0 aliphatic rings. The van der Waals surface area contributed by atoms with Crippen molar-refractivity contribution in [3.63, 3.8) is 0 Å². The summed E-state index contributed by atoms with van der Waals surface area (Å²) in [4.78, 5) is 10.7. The van der Waals surface area contributed by atoms with Gasteiger partial charge in [0.2, 0.25) is 0 Å². The maximum absolute atomic E-state index is 11.0. The van der Waals surface area contributed by atoms with E-state index in [1.54, 1.807) is 12.1 Å². The van der Waals surface area contributed by atoms with Crippen LogP contribution in [0.4, 0.5) is 5.69 Å². The molecule has 1 aromatic rings. The second kappa shape index (κ2) is 6.80. The second-order valence-corrected chi connectivity index (χ2v) is 4.70. The number of benzene rings is 1. The Balaban J connectivity index is 2.88. The molecule has 0 radical (unpaired) electrons. The lowest BCUT2D eigenvalue weighted by Gasteiger charge is -2.11. The molecule has 0 aliphatic heterocycles. The molecule has 0 saturated carbocycles. The van der Waals surface area contributed by atoms with E-state index in [1.165, 1.54) is 6.07 Å². The van der Waals surface area contributed by atoms with Gasteiger partial charge in [0.25, 0.3) is 5.69 Å². The molecule has 0 fully saturated rings. The number of nitrogens with zero attached hydrogens (tertiary/aromatic N) is 1. The molecule has 0 aliphatic carbocycles. The molecule has 18 heavy (non-hydrogen) atoms. The highest BCUT2D eigenvalue weighted by atomic mass is 16.6. The van der Waals surface area contributed by atoms with Crippen LogP contribution in [0.1, 0.15) is 44.2 Å². The van der Waals surface area contributed by atoms with Crippen LogP contribution in [0.2, 0.25) is 0 Å². The topological polar surface area (TPSA) is 43.1 Å². The van der Waals surface area contributed by atoms with Gasteiger partial charge in [0.05, 0.1) is 4.92 Å². The SMILES string of the molecule is C#Cc1ccc(CC(C)CCCC)c([N+](=O)[O-])c1. The van der Waals surface area contributed by atoms with E-state index in [0.29, 0.717) is 11.5 Å². The zero-order valence-electron chi connectivity index (χ0n) is 11.0. The van der Waals surface area contributed by atoms with Crippen LogP contribution >= 0.6 is 0 Å². The molecule has 3 nitrogen and oxygen atoms in total. The highest BCUT2D eigenvalue weighted by Gasteiger charge is 2.16. The van der Waals surface area contributed by atoms with Gasteiger partial charge < -0.3 is 0 Å². The molecule has 0 aromatic heterocycles. The van der Waals surface area contributed by atoms with Crippen molar-refractivity contribution >= 4 is 5.69 Å². The zero-order valence-corrected chi connectivity index (χ0v) is 11.0. The van der Waals surface area contributed by atoms with Crippen molar-refractivity contribution in [3.8, 4) is 12.3 Å². The maximum atomic E-state index is 11.0. The summed E-state index contributed by atoms with van der Waals surface area (Å²) in [5.74, 6) is 2.89. The summed E-state index contributed by atoms with van der Waals surface area (Å²) >= 11 is 0. The van der Waals surface area contributed by atoms with Crippen molar-refractivity contribution in [2.24, 2.45) is 5.92 Å². The first-order valence-corrected chi connectivity index (χ1v) is 6.32. The molecule has 3 heteroatoms. The van der Waals surface area contributed by atoms with Crippen molar-refractivity contribution in [3.05, 3.63) is 39.4 Å². The van der Waals surface area contributed by atoms with E-state index in [4.69, 9.17) is 6.42 Å². The van der Waals surface area contributed by atoms with E-state index in [1.807, 2.05) is 0 Å². The third kappa shape index (κ3) is 3.89. The predicted octanol–water partition coefficient (Wildman–Crippen LogP) is 3.94. The monoisotopic (exact) mass is 245 g/mol. The third-order valence-corrected chi connectivity index (χ3v) is 3.07. The molecule has 0 heterocycles. The molecule has 0 amide bonds. The lowest BCUT2D eigenvalue weighted by Crippen LogP contribution is -2.03. The molecular formula is C15H19NO2. The molecule has 0 spiro atoms. The first-order chi connectivity index (χ1) is 8.58. The molecule has 1 unspecified atom stereocenters. The number of nitro groups is 1. The highest BCUT2D eigenvalue weighted by molar-refractivity contribution is 5.48. The van der Waals surface area contributed by atoms with Gasteiger partial charge in [0.1, 0.15) is 0 Å². The van der Waals surface area contributed by atoms with Crippen molar-refractivity contribution in [1.29, 1.82) is 0 Å². The minimum Gasteiger partial charge on any atom is -0.258 e. The standard InChI is InChI=1S/C15H19NO2/c1-4-6-7-12(3)10-14-9-8-13(5-2)11-15(14)16(17)18/h2,8-9,11-12H,4,6-7,10H2,1,3H3. The van der Waals surface area contributed by atoms with Gasteiger partial charge >= 0.3 is 0 Å². The number of nitro benzene ring substituents is 1. The van der Waals surface area contributed by atoms with Gasteiger partial charge in [-0.05, 0) is 18.4 Å². The van der Waals surface area contributed by atoms with E-state index in [0.717, 1.165) is 31.2 Å². The first kappa shape index (κ1) is 14.2. The van der Waals surface area contributed by atoms with Gasteiger partial charge in [-0.15, -0.1) is 6.42 Å². The highest BCUT2D eigenvalue weighted by Crippen LogP contribution is 2.24. The van der Waals surface area contributed by atoms with Gasteiger partial charge in [-0.2, -0.15) is 0 Å². The Kier molecular flexibility index (Phi) is 5.38. The normalized spacial score (nSPS) is 11.8. The minimum absolute atomic E-state index is 0.147. The number of terminal acetylenes is 1. The Morgan fingerprint density at radius 2 is 2.22 bits per heavy atom. The largest absolute Gasteiger partial charge is 0.273 e. The van der Waals surface area contributed by atoms with Crippen LogP contribution in [-0.2, 0) is 6.42 Å². The van der Waals surface area contributed by atoms with E-state index < -0.39 is 0 Å². The lowest BCUT2D eigenvalue weighted by atomic mass is 9.94. The van der Waals surface area contributed by atoms with Crippen LogP contribution in [0.15, 0.2) is 18.2 Å². The van der Waals surface area contributed by atoms with Crippen LogP contribution in [0.5, 0.6) is 0 Å². The van der Waals surface area contributed by atoms with Gasteiger partial charge in [0, 0.05) is 17.2 Å². The van der Waals surface area contributed by atoms with E-state index in [-0.39, 0.29) is 10.6 Å². The average molecular weight is 245 g/mol. The number of hydrogen-bond acceptors (Lipinski definition) is 2. The summed E-state index contributed by atoms with van der Waals surface area (Å²) in [5.41, 5.74) is 1.49. The third-order valence-electron chi connectivity index (χ3n) is 3.07. The van der Waals surface area contributed by atoms with Crippen molar-refractivity contribution < 1.29 is 4.92 Å². The summed E-state index contributed by atoms with van der Waals surface area (Å²) in [6, 6.07) is 5.05. The quantitative estimate of drug-likeness (QED) is 0.432. The van der Waals surface area contributed by atoms with E-state index in [9.17, 15) is 10.1 Å². The first-order valence-electron chi connectivity index (χ1n) is 6.32. The summed E-state index contributed by atoms with van der Waals surface area (Å²) < 4.78 is 0. The minimum atomic E-state index is -0.345. The fourth-order valence-corrected chi connectivity index (χ4v) is 2.03. The van der Waals surface area contributed by atoms with E-state index >= 15 is 0 Å². The second-order valence-electron chi connectivity index (χ2n) is 4.70. The molecule has 0 N–H and O–H groups in total. The van der Waals surface area contributed by atoms with Crippen molar-refractivity contribution in [1.82, 2.24) is 0 Å². The summed E-state index contributed by atoms with van der Waals surface area (Å²) in [5, 5.41) is 11.0. The van der Waals surface area contributed by atoms with Crippen molar-refractivity contribution in [2.45, 2.75) is 39.5 Å². The van der Waals surface area contributed by atoms with Gasteiger partial charge in [-0.25, -0.2) is 0 Å². The molecule has 96 valence electrons. The molecule has 0 bridgehead atoms. The Morgan fingerprint density at radius 3 is 2.78 bits per heavy atom. The maximum Gasteiger partial charge on any atom is 0.273 e. The number of rotatable bonds is 6. The van der Waals surface area contributed by atoms with Crippen LogP contribution in [0.25, 0.3) is 0 Å². The Morgan fingerprint density at radius 1 is 1.50 bits per heavy atom. The van der Waals surface area contributed by atoms with Gasteiger partial charge in [-0.3, -0.25) is 10.1 Å². The molecule has 1 rings (SSSR count). The summed E-state index contributed by atoms with van der Waals surface area (Å²) in [7, 11) is 0. The Labute approximate surface area is 108 Å². The van der Waals surface area contributed by atoms with Crippen LogP contribution < -0.4 is 0 Å². The molecule has 0 saturated heterocycles. The van der Waals surface area contributed by atoms with E-state index in [2.05, 4.69) is 19.8 Å². The van der Waals surface area contributed by atoms with Crippen molar-refractivity contribution in [2.75, 3.05) is 0 Å². The zero-order chi connectivity index (χ0) is 13.5. The Bertz CT molecular complexity index is 460. The van der Waals surface area contributed by atoms with Gasteiger partial charge in [-0.1, -0.05) is 45.1 Å². The Hall–Kier alpha value is -1.82. The average Bonchev–Trinajstić information content (AvgIpc) is 2.36. The van der Waals surface area contributed by atoms with Crippen LogP contribution in [0.3, 0.4) is 0 Å². The molecule has 1 aromatic carbocycles. The lowest BCUT2D eigenvalue weighted by molar-refractivity contribution is -0.385. The molecular weight excluding hydrogens is 226 g/mol. The van der Waals surface area contributed by atoms with Gasteiger partial charge in [0.15, 0.2) is 0 Å². The predicted molar refractivity (Wildman–Crippen MR) is 73.4 cm³/mol. The van der Waals surface area contributed by atoms with Crippen LogP contribution in [0, 0.1) is 28.4 Å². The van der Waals surface area contributed by atoms with Crippen LogP contribution in [-0.4, -0.2) is 4.92 Å². The number of hydrogen-bond donors (Lipinski definition) is 0. The summed E-state index contributed by atoms with van der Waals surface area (Å²) in [6.45, 7) is 4.28. The smallest absolute Gasteiger partial charge is 0.258 e.